The fourth-order valence-corrected chi connectivity index (χ4v) is 2.51. The zero-order chi connectivity index (χ0) is 13.0. The van der Waals surface area contributed by atoms with Gasteiger partial charge in [0, 0.05) is 9.75 Å². The average Bonchev–Trinajstić information content (AvgIpc) is 2.82. The van der Waals surface area contributed by atoms with E-state index in [-0.39, 0.29) is 5.91 Å². The summed E-state index contributed by atoms with van der Waals surface area (Å²) >= 11 is 1.68. The predicted molar refractivity (Wildman–Crippen MR) is 74.3 cm³/mol. The standard InChI is InChI=1S/C14H16N2OS/c1-10-7-8-12(18-10)9-16-14(17)13(15)11-5-3-2-4-6-11/h2-8,13H,9,15H2,1H3,(H,16,17)/t13-/m1/s1. The molecule has 0 aliphatic carbocycles. The molecule has 4 heteroatoms. The number of carbonyl (C=O) groups excluding carboxylic acids is 1. The third kappa shape index (κ3) is 3.18. The zero-order valence-electron chi connectivity index (χ0n) is 10.2. The first-order valence-corrected chi connectivity index (χ1v) is 6.62. The van der Waals surface area contributed by atoms with Crippen LogP contribution in [0.5, 0.6) is 0 Å². The van der Waals surface area contributed by atoms with Gasteiger partial charge in [0.1, 0.15) is 6.04 Å². The summed E-state index contributed by atoms with van der Waals surface area (Å²) in [5, 5.41) is 2.86. The average molecular weight is 260 g/mol. The lowest BCUT2D eigenvalue weighted by molar-refractivity contribution is -0.122. The van der Waals surface area contributed by atoms with Crippen molar-refractivity contribution in [3.8, 4) is 0 Å². The van der Waals surface area contributed by atoms with E-state index in [0.29, 0.717) is 6.54 Å². The van der Waals surface area contributed by atoms with Gasteiger partial charge < -0.3 is 11.1 Å². The van der Waals surface area contributed by atoms with Crippen molar-refractivity contribution < 1.29 is 4.79 Å². The van der Waals surface area contributed by atoms with E-state index in [1.54, 1.807) is 11.3 Å². The zero-order valence-corrected chi connectivity index (χ0v) is 11.0. The summed E-state index contributed by atoms with van der Waals surface area (Å²) in [5.41, 5.74) is 6.73. The number of thiophene rings is 1. The van der Waals surface area contributed by atoms with E-state index < -0.39 is 6.04 Å². The van der Waals surface area contributed by atoms with E-state index in [4.69, 9.17) is 5.73 Å². The van der Waals surface area contributed by atoms with Gasteiger partial charge >= 0.3 is 0 Å². The van der Waals surface area contributed by atoms with Crippen LogP contribution in [0.25, 0.3) is 0 Å². The molecule has 0 aliphatic rings. The second kappa shape index (κ2) is 5.80. The van der Waals surface area contributed by atoms with Crippen LogP contribution >= 0.6 is 11.3 Å². The highest BCUT2D eigenvalue weighted by Gasteiger charge is 2.14. The first kappa shape index (κ1) is 12.8. The molecule has 0 spiro atoms. The molecule has 2 rings (SSSR count). The van der Waals surface area contributed by atoms with Gasteiger partial charge in [-0.1, -0.05) is 30.3 Å². The van der Waals surface area contributed by atoms with E-state index in [1.807, 2.05) is 49.4 Å². The molecular weight excluding hydrogens is 244 g/mol. The molecule has 0 saturated heterocycles. The highest BCUT2D eigenvalue weighted by atomic mass is 32.1. The molecule has 3 nitrogen and oxygen atoms in total. The Kier molecular flexibility index (Phi) is 4.12. The molecule has 1 aromatic heterocycles. The molecule has 0 fully saturated rings. The highest BCUT2D eigenvalue weighted by Crippen LogP contribution is 2.15. The Morgan fingerprint density at radius 2 is 2.00 bits per heavy atom. The molecule has 18 heavy (non-hydrogen) atoms. The summed E-state index contributed by atoms with van der Waals surface area (Å²) in [6, 6.07) is 12.8. The van der Waals surface area contributed by atoms with Crippen molar-refractivity contribution >= 4 is 17.2 Å². The quantitative estimate of drug-likeness (QED) is 0.886. The molecule has 0 unspecified atom stereocenters. The van der Waals surface area contributed by atoms with Gasteiger partial charge in [-0.25, -0.2) is 0 Å². The fraction of sp³-hybridized carbons (Fsp3) is 0.214. The van der Waals surface area contributed by atoms with Crippen molar-refractivity contribution in [2.24, 2.45) is 5.73 Å². The summed E-state index contributed by atoms with van der Waals surface area (Å²) in [4.78, 5) is 14.3. The molecule has 0 bridgehead atoms. The number of aryl methyl sites for hydroxylation is 1. The van der Waals surface area contributed by atoms with E-state index in [2.05, 4.69) is 5.32 Å². The van der Waals surface area contributed by atoms with Crippen LogP contribution in [0, 0.1) is 6.92 Å². The van der Waals surface area contributed by atoms with Gasteiger partial charge in [-0.05, 0) is 24.6 Å². The Hall–Kier alpha value is -1.65. The summed E-state index contributed by atoms with van der Waals surface area (Å²) in [5.74, 6) is -0.146. The van der Waals surface area contributed by atoms with Crippen molar-refractivity contribution in [2.45, 2.75) is 19.5 Å². The van der Waals surface area contributed by atoms with Crippen LogP contribution in [0.4, 0.5) is 0 Å². The Balaban J connectivity index is 1.92. The Bertz CT molecular complexity index is 522. The number of carbonyl (C=O) groups is 1. The van der Waals surface area contributed by atoms with Crippen LogP contribution in [-0.2, 0) is 11.3 Å². The van der Waals surface area contributed by atoms with Crippen molar-refractivity contribution in [2.75, 3.05) is 0 Å². The minimum absolute atomic E-state index is 0.146. The third-order valence-corrected chi connectivity index (χ3v) is 3.67. The number of amides is 1. The number of nitrogens with one attached hydrogen (secondary N) is 1. The van der Waals surface area contributed by atoms with Gasteiger partial charge in [0.15, 0.2) is 0 Å². The number of rotatable bonds is 4. The Morgan fingerprint density at radius 3 is 2.61 bits per heavy atom. The van der Waals surface area contributed by atoms with Crippen LogP contribution in [0.1, 0.15) is 21.4 Å². The van der Waals surface area contributed by atoms with E-state index in [9.17, 15) is 4.79 Å². The normalized spacial score (nSPS) is 12.1. The molecule has 3 N–H and O–H groups in total. The largest absolute Gasteiger partial charge is 0.350 e. The minimum Gasteiger partial charge on any atom is -0.350 e. The van der Waals surface area contributed by atoms with Crippen LogP contribution in [0.3, 0.4) is 0 Å². The molecule has 94 valence electrons. The second-order valence-electron chi connectivity index (χ2n) is 4.12. The molecule has 1 aromatic carbocycles. The summed E-state index contributed by atoms with van der Waals surface area (Å²) in [6.45, 7) is 2.59. The van der Waals surface area contributed by atoms with E-state index in [0.717, 1.165) is 10.4 Å². The number of benzene rings is 1. The van der Waals surface area contributed by atoms with Gasteiger partial charge in [-0.3, -0.25) is 4.79 Å². The van der Waals surface area contributed by atoms with Crippen molar-refractivity contribution in [3.63, 3.8) is 0 Å². The van der Waals surface area contributed by atoms with Crippen molar-refractivity contribution in [1.29, 1.82) is 0 Å². The van der Waals surface area contributed by atoms with E-state index >= 15 is 0 Å². The molecule has 1 amide bonds. The van der Waals surface area contributed by atoms with Crippen molar-refractivity contribution in [1.82, 2.24) is 5.32 Å². The highest BCUT2D eigenvalue weighted by molar-refractivity contribution is 7.11. The number of hydrogen-bond acceptors (Lipinski definition) is 3. The number of nitrogens with two attached hydrogens (primary N) is 1. The summed E-state index contributed by atoms with van der Waals surface area (Å²) in [7, 11) is 0. The van der Waals surface area contributed by atoms with Gasteiger partial charge in [0.05, 0.1) is 6.54 Å². The topological polar surface area (TPSA) is 55.1 Å². The van der Waals surface area contributed by atoms with Gasteiger partial charge in [-0.2, -0.15) is 0 Å². The SMILES string of the molecule is Cc1ccc(CNC(=O)[C@H](N)c2ccccc2)s1. The lowest BCUT2D eigenvalue weighted by Gasteiger charge is -2.11. The summed E-state index contributed by atoms with van der Waals surface area (Å²) < 4.78 is 0. The van der Waals surface area contributed by atoms with Crippen molar-refractivity contribution in [3.05, 3.63) is 57.8 Å². The van der Waals surface area contributed by atoms with Gasteiger partial charge in [0.2, 0.25) is 5.91 Å². The second-order valence-corrected chi connectivity index (χ2v) is 5.49. The molecule has 1 atom stereocenters. The lowest BCUT2D eigenvalue weighted by Crippen LogP contribution is -2.33. The van der Waals surface area contributed by atoms with Crippen LogP contribution in [0.15, 0.2) is 42.5 Å². The minimum atomic E-state index is -0.604. The van der Waals surface area contributed by atoms with Gasteiger partial charge in [0.25, 0.3) is 0 Å². The third-order valence-electron chi connectivity index (χ3n) is 2.67. The number of hydrogen-bond donors (Lipinski definition) is 2. The summed E-state index contributed by atoms with van der Waals surface area (Å²) in [6.07, 6.45) is 0. The maximum Gasteiger partial charge on any atom is 0.241 e. The molecule has 1 heterocycles. The first-order chi connectivity index (χ1) is 8.66. The maximum absolute atomic E-state index is 11.9. The van der Waals surface area contributed by atoms with Crippen LogP contribution < -0.4 is 11.1 Å². The molecular formula is C14H16N2OS. The lowest BCUT2D eigenvalue weighted by atomic mass is 10.1. The maximum atomic E-state index is 11.9. The Labute approximate surface area is 111 Å². The van der Waals surface area contributed by atoms with Gasteiger partial charge in [-0.15, -0.1) is 11.3 Å². The van der Waals surface area contributed by atoms with E-state index in [1.165, 1.54) is 4.88 Å². The Morgan fingerprint density at radius 1 is 1.28 bits per heavy atom. The molecule has 0 aliphatic heterocycles. The molecule has 0 radical (unpaired) electrons. The smallest absolute Gasteiger partial charge is 0.241 e. The fourth-order valence-electron chi connectivity index (χ4n) is 1.68. The molecule has 2 aromatic rings. The first-order valence-electron chi connectivity index (χ1n) is 5.80. The van der Waals surface area contributed by atoms with Crippen LogP contribution in [-0.4, -0.2) is 5.91 Å². The predicted octanol–water partition coefficient (Wildman–Crippen LogP) is 2.37. The molecule has 0 saturated carbocycles. The monoisotopic (exact) mass is 260 g/mol. The van der Waals surface area contributed by atoms with Crippen LogP contribution in [0.2, 0.25) is 0 Å².